The van der Waals surface area contributed by atoms with Crippen LogP contribution in [0, 0.1) is 0 Å². The van der Waals surface area contributed by atoms with Gasteiger partial charge in [-0.05, 0) is 119 Å². The van der Waals surface area contributed by atoms with Crippen LogP contribution < -0.4 is 37.9 Å². The van der Waals surface area contributed by atoms with E-state index < -0.39 is 0 Å². The van der Waals surface area contributed by atoms with E-state index in [4.69, 9.17) is 37.9 Å². The fraction of sp³-hybridized carbons (Fsp3) is 0.455. The van der Waals surface area contributed by atoms with E-state index in [0.717, 1.165) is 90.5 Å². The fourth-order valence-electron chi connectivity index (χ4n) is 6.92. The molecule has 0 heterocycles. The van der Waals surface area contributed by atoms with Crippen molar-refractivity contribution in [3.8, 4) is 46.0 Å². The maximum absolute atomic E-state index is 6.54. The Morgan fingerprint density at radius 2 is 0.596 bits per heavy atom. The number of hydrogen-bond acceptors (Lipinski definition) is 8. The van der Waals surface area contributed by atoms with Crippen molar-refractivity contribution >= 4 is 0 Å². The minimum absolute atomic E-state index is 0.504. The van der Waals surface area contributed by atoms with Gasteiger partial charge in [0.1, 0.15) is 46.0 Å². The monoisotopic (exact) mass is 712 g/mol. The first-order valence-corrected chi connectivity index (χ1v) is 19.1. The molecule has 1 aliphatic carbocycles. The zero-order chi connectivity index (χ0) is 37.0. The van der Waals surface area contributed by atoms with E-state index in [-0.39, 0.29) is 0 Å². The molecule has 8 heteroatoms. The van der Waals surface area contributed by atoms with Crippen LogP contribution in [0.3, 0.4) is 0 Å². The van der Waals surface area contributed by atoms with Crippen LogP contribution in [0.2, 0.25) is 0 Å². The van der Waals surface area contributed by atoms with Crippen molar-refractivity contribution in [1.29, 1.82) is 0 Å². The molecular formula is C44H56O8. The predicted molar refractivity (Wildman–Crippen MR) is 206 cm³/mol. The van der Waals surface area contributed by atoms with E-state index in [0.29, 0.717) is 78.5 Å². The Morgan fingerprint density at radius 3 is 0.923 bits per heavy atom. The number of fused-ring (bicyclic) bond motifs is 8. The molecule has 0 atom stereocenters. The molecule has 0 saturated carbocycles. The van der Waals surface area contributed by atoms with E-state index in [1.165, 1.54) is 0 Å². The second kappa shape index (κ2) is 18.7. The summed E-state index contributed by atoms with van der Waals surface area (Å²) in [5.74, 6) is 6.34. The molecule has 1 aliphatic rings. The Bertz CT molecular complexity index is 1720. The zero-order valence-electron chi connectivity index (χ0n) is 32.4. The Labute approximate surface area is 310 Å². The SMILES string of the molecule is CCOc1cc(OCC)c2cc1Cc1cc(c(OCC)cc1OCC)Cc1ccc(OCC)c(c1OCC)Cc1cc(c(OCC)cc1OCC)C2. The van der Waals surface area contributed by atoms with Crippen molar-refractivity contribution in [1.82, 2.24) is 0 Å². The van der Waals surface area contributed by atoms with Crippen LogP contribution >= 0.6 is 0 Å². The highest BCUT2D eigenvalue weighted by atomic mass is 16.5. The van der Waals surface area contributed by atoms with E-state index in [1.54, 1.807) is 0 Å². The quantitative estimate of drug-likeness (QED) is 0.100. The van der Waals surface area contributed by atoms with Gasteiger partial charge in [-0.2, -0.15) is 0 Å². The minimum atomic E-state index is 0.504. The molecule has 0 aromatic heterocycles. The van der Waals surface area contributed by atoms with Gasteiger partial charge in [-0.1, -0.05) is 6.07 Å². The highest BCUT2D eigenvalue weighted by molar-refractivity contribution is 5.60. The molecule has 0 amide bonds. The first kappa shape index (κ1) is 38.5. The van der Waals surface area contributed by atoms with E-state index in [2.05, 4.69) is 30.3 Å². The predicted octanol–water partition coefficient (Wildman–Crippen LogP) is 9.55. The lowest BCUT2D eigenvalue weighted by atomic mass is 9.91. The Morgan fingerprint density at radius 1 is 0.308 bits per heavy atom. The van der Waals surface area contributed by atoms with Gasteiger partial charge < -0.3 is 37.9 Å². The smallest absolute Gasteiger partial charge is 0.130 e. The Kier molecular flexibility index (Phi) is 13.8. The Balaban J connectivity index is 1.87. The summed E-state index contributed by atoms with van der Waals surface area (Å²) in [7, 11) is 0. The lowest BCUT2D eigenvalue weighted by molar-refractivity contribution is 0.312. The average Bonchev–Trinajstić information content (AvgIpc) is 3.12. The van der Waals surface area contributed by atoms with Gasteiger partial charge in [-0.15, -0.1) is 0 Å². The average molecular weight is 713 g/mol. The van der Waals surface area contributed by atoms with Gasteiger partial charge in [0.2, 0.25) is 0 Å². The molecule has 0 aliphatic heterocycles. The molecule has 0 spiro atoms. The molecule has 0 saturated heterocycles. The van der Waals surface area contributed by atoms with Crippen LogP contribution in [0.4, 0.5) is 0 Å². The first-order chi connectivity index (χ1) is 25.4. The van der Waals surface area contributed by atoms with Gasteiger partial charge in [-0.3, -0.25) is 0 Å². The van der Waals surface area contributed by atoms with E-state index in [1.807, 2.05) is 73.6 Å². The molecule has 4 aromatic carbocycles. The molecule has 8 bridgehead atoms. The van der Waals surface area contributed by atoms with Gasteiger partial charge in [0, 0.05) is 49.4 Å². The van der Waals surface area contributed by atoms with Gasteiger partial charge in [-0.25, -0.2) is 0 Å². The second-order valence-corrected chi connectivity index (χ2v) is 12.4. The zero-order valence-corrected chi connectivity index (χ0v) is 32.4. The summed E-state index contributed by atoms with van der Waals surface area (Å²) in [6.45, 7) is 20.3. The molecule has 4 aromatic rings. The van der Waals surface area contributed by atoms with Crippen LogP contribution in [-0.2, 0) is 25.7 Å². The second-order valence-electron chi connectivity index (χ2n) is 12.4. The number of ether oxygens (including phenoxy) is 8. The lowest BCUT2D eigenvalue weighted by Crippen LogP contribution is -2.10. The summed E-state index contributed by atoms with van der Waals surface area (Å²) in [6.07, 6.45) is 2.28. The van der Waals surface area contributed by atoms with Crippen LogP contribution in [-0.4, -0.2) is 52.9 Å². The van der Waals surface area contributed by atoms with Gasteiger partial charge in [0.25, 0.3) is 0 Å². The van der Waals surface area contributed by atoms with Crippen LogP contribution in [0.15, 0.2) is 48.5 Å². The molecule has 0 radical (unpaired) electrons. The van der Waals surface area contributed by atoms with E-state index >= 15 is 0 Å². The molecule has 8 nitrogen and oxygen atoms in total. The molecule has 0 N–H and O–H groups in total. The van der Waals surface area contributed by atoms with E-state index in [9.17, 15) is 0 Å². The molecule has 0 unspecified atom stereocenters. The van der Waals surface area contributed by atoms with Crippen molar-refractivity contribution < 1.29 is 37.9 Å². The lowest BCUT2D eigenvalue weighted by Gasteiger charge is -2.23. The minimum Gasteiger partial charge on any atom is -0.493 e. The van der Waals surface area contributed by atoms with Crippen LogP contribution in [0.1, 0.15) is 99.9 Å². The summed E-state index contributed by atoms with van der Waals surface area (Å²) in [5.41, 5.74) is 8.27. The third-order valence-electron chi connectivity index (χ3n) is 8.93. The molecule has 5 rings (SSSR count). The van der Waals surface area contributed by atoms with Crippen molar-refractivity contribution in [2.24, 2.45) is 0 Å². The van der Waals surface area contributed by atoms with Crippen molar-refractivity contribution in [3.63, 3.8) is 0 Å². The third kappa shape index (κ3) is 8.83. The number of benzene rings is 4. The molecule has 0 fully saturated rings. The topological polar surface area (TPSA) is 73.8 Å². The fourth-order valence-corrected chi connectivity index (χ4v) is 6.92. The van der Waals surface area contributed by atoms with Crippen LogP contribution in [0.25, 0.3) is 0 Å². The number of hydrogen-bond donors (Lipinski definition) is 0. The summed E-state index contributed by atoms with van der Waals surface area (Å²) in [4.78, 5) is 0. The van der Waals surface area contributed by atoms with Gasteiger partial charge in [0.05, 0.1) is 52.9 Å². The number of rotatable bonds is 16. The summed E-state index contributed by atoms with van der Waals surface area (Å²) < 4.78 is 50.5. The molecule has 52 heavy (non-hydrogen) atoms. The van der Waals surface area contributed by atoms with Crippen molar-refractivity contribution in [2.45, 2.75) is 81.1 Å². The van der Waals surface area contributed by atoms with Crippen LogP contribution in [0.5, 0.6) is 46.0 Å². The first-order valence-electron chi connectivity index (χ1n) is 19.1. The summed E-state index contributed by atoms with van der Waals surface area (Å²) in [5, 5.41) is 0. The third-order valence-corrected chi connectivity index (χ3v) is 8.93. The maximum atomic E-state index is 6.54. The normalized spacial score (nSPS) is 12.2. The Hall–Kier alpha value is -4.72. The molecule has 280 valence electrons. The highest BCUT2D eigenvalue weighted by Gasteiger charge is 2.24. The molecular weight excluding hydrogens is 656 g/mol. The van der Waals surface area contributed by atoms with Gasteiger partial charge >= 0.3 is 0 Å². The van der Waals surface area contributed by atoms with Crippen molar-refractivity contribution in [3.05, 3.63) is 93.0 Å². The maximum Gasteiger partial charge on any atom is 0.130 e. The largest absolute Gasteiger partial charge is 0.493 e. The summed E-state index contributed by atoms with van der Waals surface area (Å²) in [6, 6.07) is 17.0. The summed E-state index contributed by atoms with van der Waals surface area (Å²) >= 11 is 0. The van der Waals surface area contributed by atoms with Crippen molar-refractivity contribution in [2.75, 3.05) is 52.9 Å². The highest BCUT2D eigenvalue weighted by Crippen LogP contribution is 2.43. The van der Waals surface area contributed by atoms with Gasteiger partial charge in [0.15, 0.2) is 0 Å². The standard InChI is InChI=1S/C44H56O8/c1-9-45-37-18-17-29-19-30-20-31(39(47-11-3)26-38(30)46-10-2)21-32-22-33(41(49-13-5)27-40(32)48-12-4)23-34-24-35(25-36(37)44(29)52-16-8)43(51-15-7)28-42(34)50-14-6/h17-18,20,22,24,26-28H,9-16,19,21,23,25H2,1-8H3.